The maximum Gasteiger partial charge on any atom is 0.326 e. The number of carboxylic acids is 1. The lowest BCUT2D eigenvalue weighted by atomic mass is 9.92. The molecular formula is C16H22N2O3. The van der Waals surface area contributed by atoms with Gasteiger partial charge in [0.25, 0.3) is 0 Å². The maximum atomic E-state index is 12.5. The molecule has 3 N–H and O–H groups in total. The first-order chi connectivity index (χ1) is 9.90. The Bertz CT molecular complexity index is 542. The van der Waals surface area contributed by atoms with Crippen LogP contribution in [0.2, 0.25) is 0 Å². The molecule has 0 radical (unpaired) electrons. The van der Waals surface area contributed by atoms with E-state index >= 15 is 0 Å². The van der Waals surface area contributed by atoms with Crippen LogP contribution in [0.4, 0.5) is 0 Å². The fraction of sp³-hybridized carbons (Fsp3) is 0.500. The van der Waals surface area contributed by atoms with Crippen LogP contribution in [0.15, 0.2) is 24.3 Å². The van der Waals surface area contributed by atoms with Crippen LogP contribution in [-0.4, -0.2) is 34.0 Å². The molecule has 0 saturated heterocycles. The average Bonchev–Trinajstić information content (AvgIpc) is 2.44. The van der Waals surface area contributed by atoms with Gasteiger partial charge in [0.15, 0.2) is 0 Å². The van der Waals surface area contributed by atoms with Crippen molar-refractivity contribution in [2.24, 2.45) is 11.7 Å². The highest BCUT2D eigenvalue weighted by Crippen LogP contribution is 2.24. The van der Waals surface area contributed by atoms with Crippen LogP contribution in [-0.2, 0) is 22.6 Å². The number of hydrogen-bond donors (Lipinski definition) is 2. The Kier molecular flexibility index (Phi) is 4.63. The first-order valence-corrected chi connectivity index (χ1v) is 7.25. The molecule has 0 spiro atoms. The monoisotopic (exact) mass is 290 g/mol. The first-order valence-electron chi connectivity index (χ1n) is 7.25. The zero-order valence-corrected chi connectivity index (χ0v) is 12.5. The fourth-order valence-corrected chi connectivity index (χ4v) is 2.80. The van der Waals surface area contributed by atoms with Crippen molar-refractivity contribution in [3.05, 3.63) is 35.4 Å². The Morgan fingerprint density at radius 3 is 2.52 bits per heavy atom. The van der Waals surface area contributed by atoms with Gasteiger partial charge in [-0.3, -0.25) is 4.79 Å². The SMILES string of the molecule is CC(C)C[C@H](N)C(=O)N1Cc2ccccc2CC1C(=O)O. The summed E-state index contributed by atoms with van der Waals surface area (Å²) in [5, 5.41) is 9.41. The lowest BCUT2D eigenvalue weighted by molar-refractivity contribution is -0.152. The number of benzene rings is 1. The quantitative estimate of drug-likeness (QED) is 0.878. The minimum absolute atomic E-state index is 0.273. The summed E-state index contributed by atoms with van der Waals surface area (Å²) in [4.78, 5) is 25.4. The number of hydrogen-bond acceptors (Lipinski definition) is 3. The number of nitrogens with two attached hydrogens (primary N) is 1. The zero-order chi connectivity index (χ0) is 15.6. The van der Waals surface area contributed by atoms with Gasteiger partial charge < -0.3 is 15.7 Å². The molecule has 0 fully saturated rings. The van der Waals surface area contributed by atoms with Crippen LogP contribution in [0.25, 0.3) is 0 Å². The largest absolute Gasteiger partial charge is 0.480 e. The zero-order valence-electron chi connectivity index (χ0n) is 12.5. The van der Waals surface area contributed by atoms with Gasteiger partial charge >= 0.3 is 5.97 Å². The highest BCUT2D eigenvalue weighted by molar-refractivity contribution is 5.87. The Labute approximate surface area is 124 Å². The summed E-state index contributed by atoms with van der Waals surface area (Å²) in [7, 11) is 0. The highest BCUT2D eigenvalue weighted by Gasteiger charge is 2.36. The molecule has 0 aliphatic carbocycles. The summed E-state index contributed by atoms with van der Waals surface area (Å²) >= 11 is 0. The Morgan fingerprint density at radius 1 is 1.33 bits per heavy atom. The third-order valence-corrected chi connectivity index (χ3v) is 3.86. The van der Waals surface area contributed by atoms with Crippen LogP contribution >= 0.6 is 0 Å². The molecule has 5 nitrogen and oxygen atoms in total. The Hall–Kier alpha value is -1.88. The second-order valence-electron chi connectivity index (χ2n) is 6.03. The van der Waals surface area contributed by atoms with Crippen LogP contribution < -0.4 is 5.73 Å². The van der Waals surface area contributed by atoms with Gasteiger partial charge in [-0.25, -0.2) is 4.79 Å². The molecule has 0 bridgehead atoms. The molecule has 1 aromatic rings. The summed E-state index contributed by atoms with van der Waals surface area (Å²) in [5.74, 6) is -0.954. The molecule has 5 heteroatoms. The summed E-state index contributed by atoms with van der Waals surface area (Å²) in [5.41, 5.74) is 7.94. The topological polar surface area (TPSA) is 83.6 Å². The predicted octanol–water partition coefficient (Wildman–Crippen LogP) is 1.40. The number of amides is 1. The molecule has 1 heterocycles. The fourth-order valence-electron chi connectivity index (χ4n) is 2.80. The normalized spacial score (nSPS) is 19.2. The maximum absolute atomic E-state index is 12.5. The number of aliphatic carboxylic acids is 1. The smallest absolute Gasteiger partial charge is 0.326 e. The van der Waals surface area contributed by atoms with Crippen molar-refractivity contribution in [3.63, 3.8) is 0 Å². The first kappa shape index (κ1) is 15.5. The number of rotatable bonds is 4. The summed E-state index contributed by atoms with van der Waals surface area (Å²) < 4.78 is 0. The van der Waals surface area contributed by atoms with Gasteiger partial charge in [0, 0.05) is 13.0 Å². The summed E-state index contributed by atoms with van der Waals surface area (Å²) in [6, 6.07) is 6.17. The van der Waals surface area contributed by atoms with Crippen molar-refractivity contribution in [2.75, 3.05) is 0 Å². The van der Waals surface area contributed by atoms with E-state index in [1.807, 2.05) is 38.1 Å². The number of carboxylic acid groups (broad SMARTS) is 1. The van der Waals surface area contributed by atoms with E-state index in [1.54, 1.807) is 0 Å². The average molecular weight is 290 g/mol. The highest BCUT2D eigenvalue weighted by atomic mass is 16.4. The van der Waals surface area contributed by atoms with Gasteiger partial charge in [-0.05, 0) is 23.5 Å². The molecule has 2 atom stereocenters. The van der Waals surface area contributed by atoms with E-state index in [0.717, 1.165) is 11.1 Å². The van der Waals surface area contributed by atoms with Gasteiger partial charge in [-0.1, -0.05) is 38.1 Å². The van der Waals surface area contributed by atoms with E-state index in [0.29, 0.717) is 25.3 Å². The van der Waals surface area contributed by atoms with E-state index in [-0.39, 0.29) is 5.91 Å². The Balaban J connectivity index is 2.24. The number of carbonyl (C=O) groups is 2. The van der Waals surface area contributed by atoms with E-state index in [4.69, 9.17) is 5.73 Å². The molecular weight excluding hydrogens is 268 g/mol. The van der Waals surface area contributed by atoms with Crippen molar-refractivity contribution in [2.45, 2.75) is 45.3 Å². The predicted molar refractivity (Wildman–Crippen MR) is 79.6 cm³/mol. The molecule has 1 aliphatic rings. The van der Waals surface area contributed by atoms with Crippen molar-refractivity contribution in [1.82, 2.24) is 4.90 Å². The van der Waals surface area contributed by atoms with Crippen molar-refractivity contribution >= 4 is 11.9 Å². The van der Waals surface area contributed by atoms with Crippen molar-refractivity contribution in [3.8, 4) is 0 Å². The van der Waals surface area contributed by atoms with Crippen LogP contribution in [0.5, 0.6) is 0 Å². The molecule has 1 aromatic carbocycles. The summed E-state index contributed by atoms with van der Waals surface area (Å²) in [6.07, 6.45) is 0.898. The third-order valence-electron chi connectivity index (χ3n) is 3.86. The van der Waals surface area contributed by atoms with E-state index in [9.17, 15) is 14.7 Å². The molecule has 0 aromatic heterocycles. The Morgan fingerprint density at radius 2 is 1.95 bits per heavy atom. The molecule has 1 unspecified atom stereocenters. The molecule has 1 aliphatic heterocycles. The number of nitrogens with zero attached hydrogens (tertiary/aromatic N) is 1. The van der Waals surface area contributed by atoms with Gasteiger partial charge in [0.05, 0.1) is 6.04 Å². The second kappa shape index (κ2) is 6.26. The lowest BCUT2D eigenvalue weighted by Crippen LogP contribution is -2.54. The standard InChI is InChI=1S/C16H22N2O3/c1-10(2)7-13(17)15(19)18-9-12-6-4-3-5-11(12)8-14(18)16(20)21/h3-6,10,13-14H,7-9,17H2,1-2H3,(H,20,21)/t13-,14?/m0/s1. The second-order valence-corrected chi connectivity index (χ2v) is 6.03. The molecule has 21 heavy (non-hydrogen) atoms. The number of fused-ring (bicyclic) bond motifs is 1. The van der Waals surface area contributed by atoms with Crippen LogP contribution in [0.3, 0.4) is 0 Å². The van der Waals surface area contributed by atoms with E-state index < -0.39 is 18.1 Å². The van der Waals surface area contributed by atoms with Crippen molar-refractivity contribution in [1.29, 1.82) is 0 Å². The van der Waals surface area contributed by atoms with Crippen LogP contribution in [0, 0.1) is 5.92 Å². The molecule has 1 amide bonds. The van der Waals surface area contributed by atoms with Gasteiger partial charge in [-0.15, -0.1) is 0 Å². The van der Waals surface area contributed by atoms with Crippen LogP contribution in [0.1, 0.15) is 31.4 Å². The minimum atomic E-state index is -0.977. The molecule has 114 valence electrons. The van der Waals surface area contributed by atoms with E-state index in [2.05, 4.69) is 0 Å². The summed E-state index contributed by atoms with van der Waals surface area (Å²) in [6.45, 7) is 4.30. The van der Waals surface area contributed by atoms with Gasteiger partial charge in [0.1, 0.15) is 6.04 Å². The minimum Gasteiger partial charge on any atom is -0.480 e. The van der Waals surface area contributed by atoms with Crippen molar-refractivity contribution < 1.29 is 14.7 Å². The van der Waals surface area contributed by atoms with Gasteiger partial charge in [0.2, 0.25) is 5.91 Å². The van der Waals surface area contributed by atoms with E-state index in [1.165, 1.54) is 4.90 Å². The molecule has 0 saturated carbocycles. The molecule has 2 rings (SSSR count). The third kappa shape index (κ3) is 3.42. The number of carbonyl (C=O) groups excluding carboxylic acids is 1. The van der Waals surface area contributed by atoms with Gasteiger partial charge in [-0.2, -0.15) is 0 Å². The lowest BCUT2D eigenvalue weighted by Gasteiger charge is -2.36.